The molecule has 0 aliphatic carbocycles. The largest absolute Gasteiger partial charge is 0.441 e. The van der Waals surface area contributed by atoms with E-state index in [1.807, 2.05) is 30.0 Å². The van der Waals surface area contributed by atoms with Crippen LogP contribution in [0.5, 0.6) is 0 Å². The molecule has 20 heavy (non-hydrogen) atoms. The molecule has 0 saturated carbocycles. The number of benzene rings is 1. The van der Waals surface area contributed by atoms with E-state index >= 15 is 0 Å². The minimum absolute atomic E-state index is 0.185. The van der Waals surface area contributed by atoms with Crippen LogP contribution >= 0.6 is 0 Å². The number of hydrogen-bond donors (Lipinski definition) is 1. The lowest BCUT2D eigenvalue weighted by Crippen LogP contribution is -2.35. The molecule has 1 aliphatic heterocycles. The number of nitrogens with one attached hydrogen (secondary N) is 1. The number of rotatable bonds is 2. The molecule has 0 spiro atoms. The summed E-state index contributed by atoms with van der Waals surface area (Å²) in [5, 5.41) is 3.31. The van der Waals surface area contributed by atoms with Crippen molar-refractivity contribution < 1.29 is 9.21 Å². The van der Waals surface area contributed by atoms with Crippen molar-refractivity contribution in [2.24, 2.45) is 0 Å². The summed E-state index contributed by atoms with van der Waals surface area (Å²) < 4.78 is 5.51. The maximum Gasteiger partial charge on any atom is 0.227 e. The Morgan fingerprint density at radius 2 is 2.30 bits per heavy atom. The molecule has 2 aromatic rings. The highest BCUT2D eigenvalue weighted by molar-refractivity contribution is 5.81. The summed E-state index contributed by atoms with van der Waals surface area (Å²) in [6.45, 7) is 5.34. The van der Waals surface area contributed by atoms with Crippen LogP contribution in [0.15, 0.2) is 22.6 Å². The first-order chi connectivity index (χ1) is 9.72. The molecule has 0 radical (unpaired) electrons. The molecule has 3 rings (SSSR count). The Morgan fingerprint density at radius 1 is 1.40 bits per heavy atom. The highest BCUT2D eigenvalue weighted by Gasteiger charge is 2.16. The van der Waals surface area contributed by atoms with Crippen LogP contribution < -0.4 is 5.32 Å². The van der Waals surface area contributed by atoms with E-state index in [1.165, 1.54) is 0 Å². The Morgan fingerprint density at radius 3 is 3.20 bits per heavy atom. The first-order valence-electron chi connectivity index (χ1n) is 7.07. The summed E-state index contributed by atoms with van der Waals surface area (Å²) in [4.78, 5) is 18.5. The highest BCUT2D eigenvalue weighted by atomic mass is 16.3. The molecular weight excluding hydrogens is 254 g/mol. The van der Waals surface area contributed by atoms with Crippen molar-refractivity contribution in [1.82, 2.24) is 15.2 Å². The molecule has 5 heteroatoms. The van der Waals surface area contributed by atoms with Gasteiger partial charge in [-0.05, 0) is 30.7 Å². The zero-order valence-corrected chi connectivity index (χ0v) is 11.7. The number of oxazole rings is 1. The van der Waals surface area contributed by atoms with Gasteiger partial charge in [0.2, 0.25) is 5.91 Å². The lowest BCUT2D eigenvalue weighted by atomic mass is 10.1. The molecule has 1 aliphatic rings. The van der Waals surface area contributed by atoms with Crippen molar-refractivity contribution in [3.63, 3.8) is 0 Å². The van der Waals surface area contributed by atoms with Crippen LogP contribution in [0.25, 0.3) is 11.1 Å². The third-order valence-corrected chi connectivity index (χ3v) is 3.61. The normalized spacial score (nSPS) is 16.4. The first kappa shape index (κ1) is 13.1. The minimum atomic E-state index is 0.185. The molecule has 1 N–H and O–H groups in total. The molecule has 1 aromatic heterocycles. The number of carbonyl (C=O) groups excluding carboxylic acids is 1. The first-order valence-corrected chi connectivity index (χ1v) is 7.07. The molecule has 1 aromatic carbocycles. The molecule has 106 valence electrons. The monoisotopic (exact) mass is 273 g/mol. The van der Waals surface area contributed by atoms with Gasteiger partial charge in [-0.3, -0.25) is 4.79 Å². The average Bonchev–Trinajstić information content (AvgIpc) is 2.64. The summed E-state index contributed by atoms with van der Waals surface area (Å²) in [6, 6.07) is 5.79. The van der Waals surface area contributed by atoms with Crippen molar-refractivity contribution >= 4 is 17.0 Å². The average molecular weight is 273 g/mol. The van der Waals surface area contributed by atoms with Crippen LogP contribution in [0.2, 0.25) is 0 Å². The summed E-state index contributed by atoms with van der Waals surface area (Å²) in [5.41, 5.74) is 2.58. The smallest absolute Gasteiger partial charge is 0.227 e. The van der Waals surface area contributed by atoms with Crippen molar-refractivity contribution in [3.8, 4) is 0 Å². The number of fused-ring (bicyclic) bond motifs is 1. The number of hydrogen-bond acceptors (Lipinski definition) is 4. The summed E-state index contributed by atoms with van der Waals surface area (Å²) in [7, 11) is 0. The lowest BCUT2D eigenvalue weighted by Gasteiger charge is -2.19. The molecule has 5 nitrogen and oxygen atoms in total. The fourth-order valence-electron chi connectivity index (χ4n) is 2.58. The van der Waals surface area contributed by atoms with Crippen molar-refractivity contribution in [1.29, 1.82) is 0 Å². The molecule has 1 fully saturated rings. The number of carbonyl (C=O) groups is 1. The molecule has 0 bridgehead atoms. The summed E-state index contributed by atoms with van der Waals surface area (Å²) in [5.74, 6) is 0.839. The molecule has 0 atom stereocenters. The Balaban J connectivity index is 1.72. The van der Waals surface area contributed by atoms with Crippen molar-refractivity contribution in [2.45, 2.75) is 19.8 Å². The number of amides is 1. The van der Waals surface area contributed by atoms with E-state index < -0.39 is 0 Å². The Hall–Kier alpha value is -1.88. The van der Waals surface area contributed by atoms with Gasteiger partial charge in [-0.25, -0.2) is 4.98 Å². The van der Waals surface area contributed by atoms with Gasteiger partial charge in [0.25, 0.3) is 0 Å². The minimum Gasteiger partial charge on any atom is -0.441 e. The fraction of sp³-hybridized carbons (Fsp3) is 0.467. The van der Waals surface area contributed by atoms with Crippen molar-refractivity contribution in [2.75, 3.05) is 26.2 Å². The summed E-state index contributed by atoms with van der Waals surface area (Å²) in [6.07, 6.45) is 1.45. The van der Waals surface area contributed by atoms with Crippen LogP contribution in [0.1, 0.15) is 17.9 Å². The third kappa shape index (κ3) is 2.82. The Labute approximate surface area is 118 Å². The van der Waals surface area contributed by atoms with Gasteiger partial charge in [0.05, 0.1) is 6.42 Å². The van der Waals surface area contributed by atoms with Gasteiger partial charge in [0, 0.05) is 26.6 Å². The Kier molecular flexibility index (Phi) is 3.69. The van der Waals surface area contributed by atoms with E-state index in [0.29, 0.717) is 12.3 Å². The van der Waals surface area contributed by atoms with Gasteiger partial charge >= 0.3 is 0 Å². The second-order valence-corrected chi connectivity index (χ2v) is 5.20. The summed E-state index contributed by atoms with van der Waals surface area (Å²) >= 11 is 0. The van der Waals surface area contributed by atoms with Gasteiger partial charge in [0.15, 0.2) is 11.5 Å². The predicted octanol–water partition coefficient (Wildman–Crippen LogP) is 1.50. The number of nitrogens with zero attached hydrogens (tertiary/aromatic N) is 2. The molecular formula is C15H19N3O2. The highest BCUT2D eigenvalue weighted by Crippen LogP contribution is 2.17. The molecule has 1 amide bonds. The number of aromatic nitrogens is 1. The predicted molar refractivity (Wildman–Crippen MR) is 76.5 cm³/mol. The zero-order chi connectivity index (χ0) is 13.9. The van der Waals surface area contributed by atoms with Gasteiger partial charge in [0.1, 0.15) is 5.52 Å². The standard InChI is InChI=1S/C15H19N3O2/c1-11-17-13-4-3-12(9-14(13)20-11)10-15(19)18-7-2-5-16-6-8-18/h3-4,9,16H,2,5-8,10H2,1H3. The molecule has 2 heterocycles. The van der Waals surface area contributed by atoms with Gasteiger partial charge in [-0.1, -0.05) is 6.07 Å². The number of aryl methyl sites for hydroxylation is 1. The van der Waals surface area contributed by atoms with Crippen LogP contribution in [0.3, 0.4) is 0 Å². The molecule has 0 unspecified atom stereocenters. The van der Waals surface area contributed by atoms with E-state index in [2.05, 4.69) is 10.3 Å². The maximum absolute atomic E-state index is 12.3. The van der Waals surface area contributed by atoms with Crippen molar-refractivity contribution in [3.05, 3.63) is 29.7 Å². The third-order valence-electron chi connectivity index (χ3n) is 3.61. The quantitative estimate of drug-likeness (QED) is 0.901. The second-order valence-electron chi connectivity index (χ2n) is 5.20. The fourth-order valence-corrected chi connectivity index (χ4v) is 2.58. The SMILES string of the molecule is Cc1nc2ccc(CC(=O)N3CCCNCC3)cc2o1. The van der Waals surface area contributed by atoms with Crippen LogP contribution in [-0.4, -0.2) is 42.0 Å². The van der Waals surface area contributed by atoms with E-state index in [9.17, 15) is 4.79 Å². The van der Waals surface area contributed by atoms with Crippen LogP contribution in [0, 0.1) is 6.92 Å². The van der Waals surface area contributed by atoms with E-state index in [4.69, 9.17) is 4.42 Å². The van der Waals surface area contributed by atoms with Gasteiger partial charge in [-0.2, -0.15) is 0 Å². The lowest BCUT2D eigenvalue weighted by molar-refractivity contribution is -0.130. The second kappa shape index (κ2) is 5.63. The van der Waals surface area contributed by atoms with Gasteiger partial charge in [-0.15, -0.1) is 0 Å². The van der Waals surface area contributed by atoms with Crippen LogP contribution in [0.4, 0.5) is 0 Å². The van der Waals surface area contributed by atoms with E-state index in [-0.39, 0.29) is 5.91 Å². The van der Waals surface area contributed by atoms with Gasteiger partial charge < -0.3 is 14.6 Å². The Bertz CT molecular complexity index is 613. The molecule has 1 saturated heterocycles. The zero-order valence-electron chi connectivity index (χ0n) is 11.7. The topological polar surface area (TPSA) is 58.4 Å². The van der Waals surface area contributed by atoms with E-state index in [0.717, 1.165) is 49.3 Å². The maximum atomic E-state index is 12.3. The van der Waals surface area contributed by atoms with E-state index in [1.54, 1.807) is 0 Å². The van der Waals surface area contributed by atoms with Crippen LogP contribution in [-0.2, 0) is 11.2 Å².